The molecule has 2 heteroatoms. The van der Waals surface area contributed by atoms with E-state index < -0.39 is 0 Å². The number of hydrogen-bond donors (Lipinski definition) is 1. The highest BCUT2D eigenvalue weighted by Gasteiger charge is 2.43. The van der Waals surface area contributed by atoms with Crippen LogP contribution in [0.2, 0.25) is 0 Å². The Morgan fingerprint density at radius 3 is 2.70 bits per heavy atom. The van der Waals surface area contributed by atoms with Gasteiger partial charge in [0, 0.05) is 11.6 Å². The van der Waals surface area contributed by atoms with Crippen molar-refractivity contribution in [1.29, 1.82) is 0 Å². The van der Waals surface area contributed by atoms with Crippen molar-refractivity contribution < 1.29 is 4.79 Å². The summed E-state index contributed by atoms with van der Waals surface area (Å²) in [5.74, 6) is 0.667. The molecule has 0 heterocycles. The van der Waals surface area contributed by atoms with E-state index in [1.54, 1.807) is 0 Å². The van der Waals surface area contributed by atoms with Crippen LogP contribution in [0.15, 0.2) is 54.6 Å². The van der Waals surface area contributed by atoms with Crippen molar-refractivity contribution in [2.75, 3.05) is 5.32 Å². The van der Waals surface area contributed by atoms with Crippen molar-refractivity contribution >= 4 is 11.6 Å². The van der Waals surface area contributed by atoms with E-state index in [1.165, 1.54) is 11.1 Å². The highest BCUT2D eigenvalue weighted by molar-refractivity contribution is 5.95. The Balaban J connectivity index is 1.64. The summed E-state index contributed by atoms with van der Waals surface area (Å²) < 4.78 is 0. The van der Waals surface area contributed by atoms with Gasteiger partial charge < -0.3 is 5.32 Å². The summed E-state index contributed by atoms with van der Waals surface area (Å²) in [4.78, 5) is 12.2. The summed E-state index contributed by atoms with van der Waals surface area (Å²) in [6.07, 6.45) is 1.95. The molecular weight excluding hydrogens is 246 g/mol. The summed E-state index contributed by atoms with van der Waals surface area (Å²) in [5, 5.41) is 3.04. The van der Waals surface area contributed by atoms with Crippen LogP contribution in [-0.2, 0) is 11.2 Å². The molecule has 2 aromatic carbocycles. The second kappa shape index (κ2) is 5.49. The van der Waals surface area contributed by atoms with Crippen molar-refractivity contribution in [2.24, 2.45) is 5.92 Å². The number of nitrogens with one attached hydrogen (secondary N) is 1. The second-order valence-corrected chi connectivity index (χ2v) is 5.40. The maximum atomic E-state index is 12.2. The molecule has 1 N–H and O–H groups in total. The number of anilines is 1. The summed E-state index contributed by atoms with van der Waals surface area (Å²) in [5.41, 5.74) is 3.43. The number of benzene rings is 2. The van der Waals surface area contributed by atoms with Crippen LogP contribution in [0.3, 0.4) is 0 Å². The molecule has 0 spiro atoms. The number of amides is 1. The first kappa shape index (κ1) is 12.9. The zero-order valence-corrected chi connectivity index (χ0v) is 11.7. The molecule has 1 aliphatic rings. The van der Waals surface area contributed by atoms with Crippen molar-refractivity contribution in [3.05, 3.63) is 65.7 Å². The van der Waals surface area contributed by atoms with Gasteiger partial charge in [0.2, 0.25) is 5.91 Å². The van der Waals surface area contributed by atoms with Gasteiger partial charge in [-0.3, -0.25) is 4.79 Å². The van der Waals surface area contributed by atoms with Gasteiger partial charge in [0.25, 0.3) is 0 Å². The molecular formula is C18H19NO. The van der Waals surface area contributed by atoms with Gasteiger partial charge in [-0.25, -0.2) is 0 Å². The normalized spacial score (nSPS) is 20.4. The van der Waals surface area contributed by atoms with Crippen LogP contribution in [0.5, 0.6) is 0 Å². The number of aryl methyl sites for hydroxylation is 1. The van der Waals surface area contributed by atoms with E-state index >= 15 is 0 Å². The molecule has 0 radical (unpaired) electrons. The van der Waals surface area contributed by atoms with E-state index in [0.717, 1.165) is 18.5 Å². The molecule has 1 amide bonds. The third-order valence-electron chi connectivity index (χ3n) is 3.96. The van der Waals surface area contributed by atoms with Gasteiger partial charge in [-0.05, 0) is 42.0 Å². The van der Waals surface area contributed by atoms with Gasteiger partial charge in [-0.2, -0.15) is 0 Å². The smallest absolute Gasteiger partial charge is 0.228 e. The lowest BCUT2D eigenvalue weighted by molar-refractivity contribution is -0.117. The van der Waals surface area contributed by atoms with Crippen LogP contribution in [0.25, 0.3) is 0 Å². The molecule has 1 saturated carbocycles. The van der Waals surface area contributed by atoms with Crippen molar-refractivity contribution in [1.82, 2.24) is 0 Å². The molecule has 1 aliphatic carbocycles. The third kappa shape index (κ3) is 2.74. The lowest BCUT2D eigenvalue weighted by Crippen LogP contribution is -2.14. The molecule has 2 atom stereocenters. The Hall–Kier alpha value is -2.09. The van der Waals surface area contributed by atoms with Gasteiger partial charge in [0.15, 0.2) is 0 Å². The monoisotopic (exact) mass is 265 g/mol. The highest BCUT2D eigenvalue weighted by Crippen LogP contribution is 2.47. The molecule has 2 nitrogen and oxygen atoms in total. The van der Waals surface area contributed by atoms with Gasteiger partial charge >= 0.3 is 0 Å². The van der Waals surface area contributed by atoms with Gasteiger partial charge in [-0.1, -0.05) is 49.4 Å². The van der Waals surface area contributed by atoms with Crippen LogP contribution in [0.1, 0.15) is 30.4 Å². The van der Waals surface area contributed by atoms with E-state index in [-0.39, 0.29) is 11.8 Å². The standard InChI is InChI=1S/C18H19NO/c1-2-13-7-6-10-15(11-13)19-18(20)17-12-16(17)14-8-4-3-5-9-14/h3-11,16-17H,2,12H2,1H3,(H,19,20)/t16-,17+/m1/s1. The Labute approximate surface area is 119 Å². The van der Waals surface area contributed by atoms with Crippen LogP contribution in [-0.4, -0.2) is 5.91 Å². The zero-order valence-electron chi connectivity index (χ0n) is 11.7. The van der Waals surface area contributed by atoms with E-state index in [4.69, 9.17) is 0 Å². The first-order valence-electron chi connectivity index (χ1n) is 7.22. The molecule has 0 aromatic heterocycles. The average Bonchev–Trinajstić information content (AvgIpc) is 3.29. The fourth-order valence-corrected chi connectivity index (χ4v) is 2.66. The largest absolute Gasteiger partial charge is 0.326 e. The summed E-state index contributed by atoms with van der Waals surface area (Å²) in [7, 11) is 0. The lowest BCUT2D eigenvalue weighted by Gasteiger charge is -2.06. The predicted octanol–water partition coefficient (Wildman–Crippen LogP) is 3.99. The van der Waals surface area contributed by atoms with Crippen molar-refractivity contribution in [3.8, 4) is 0 Å². The van der Waals surface area contributed by atoms with Gasteiger partial charge in [0.1, 0.15) is 0 Å². The quantitative estimate of drug-likeness (QED) is 0.889. The Morgan fingerprint density at radius 1 is 1.15 bits per heavy atom. The molecule has 3 rings (SSSR count). The molecule has 0 aliphatic heterocycles. The van der Waals surface area contributed by atoms with E-state index in [2.05, 4.69) is 36.5 Å². The summed E-state index contributed by atoms with van der Waals surface area (Å²) in [6.45, 7) is 2.12. The van der Waals surface area contributed by atoms with E-state index in [9.17, 15) is 4.79 Å². The first-order valence-corrected chi connectivity index (χ1v) is 7.22. The summed E-state index contributed by atoms with van der Waals surface area (Å²) in [6, 6.07) is 18.4. The molecule has 20 heavy (non-hydrogen) atoms. The minimum atomic E-state index is 0.127. The SMILES string of the molecule is CCc1cccc(NC(=O)[C@H]2C[C@@H]2c2ccccc2)c1. The van der Waals surface area contributed by atoms with Gasteiger partial charge in [0.05, 0.1) is 0 Å². The molecule has 0 unspecified atom stereocenters. The van der Waals surface area contributed by atoms with Crippen LogP contribution >= 0.6 is 0 Å². The molecule has 2 aromatic rings. The van der Waals surface area contributed by atoms with E-state index in [0.29, 0.717) is 5.92 Å². The van der Waals surface area contributed by atoms with Crippen molar-refractivity contribution in [3.63, 3.8) is 0 Å². The van der Waals surface area contributed by atoms with Crippen molar-refractivity contribution in [2.45, 2.75) is 25.7 Å². The maximum Gasteiger partial charge on any atom is 0.228 e. The second-order valence-electron chi connectivity index (χ2n) is 5.40. The molecule has 102 valence electrons. The minimum Gasteiger partial charge on any atom is -0.326 e. The molecule has 0 saturated heterocycles. The third-order valence-corrected chi connectivity index (χ3v) is 3.96. The fourth-order valence-electron chi connectivity index (χ4n) is 2.66. The van der Waals surface area contributed by atoms with Crippen LogP contribution in [0.4, 0.5) is 5.69 Å². The first-order chi connectivity index (χ1) is 9.78. The Bertz CT molecular complexity index is 606. The fraction of sp³-hybridized carbons (Fsp3) is 0.278. The minimum absolute atomic E-state index is 0.127. The summed E-state index contributed by atoms with van der Waals surface area (Å²) >= 11 is 0. The topological polar surface area (TPSA) is 29.1 Å². The zero-order chi connectivity index (χ0) is 13.9. The molecule has 0 bridgehead atoms. The number of carbonyl (C=O) groups is 1. The predicted molar refractivity (Wildman–Crippen MR) is 81.7 cm³/mol. The van der Waals surface area contributed by atoms with E-state index in [1.807, 2.05) is 30.3 Å². The van der Waals surface area contributed by atoms with Gasteiger partial charge in [-0.15, -0.1) is 0 Å². The number of rotatable bonds is 4. The highest BCUT2D eigenvalue weighted by atomic mass is 16.2. The lowest BCUT2D eigenvalue weighted by atomic mass is 10.1. The molecule has 1 fully saturated rings. The Kier molecular flexibility index (Phi) is 3.55. The number of hydrogen-bond acceptors (Lipinski definition) is 1. The Morgan fingerprint density at radius 2 is 1.95 bits per heavy atom. The maximum absolute atomic E-state index is 12.2. The average molecular weight is 265 g/mol. The van der Waals surface area contributed by atoms with Crippen LogP contribution < -0.4 is 5.32 Å². The number of carbonyl (C=O) groups excluding carboxylic acids is 1. The van der Waals surface area contributed by atoms with Crippen LogP contribution in [0, 0.1) is 5.92 Å².